The predicted molar refractivity (Wildman–Crippen MR) is 82.9 cm³/mol. The van der Waals surface area contributed by atoms with E-state index in [1.165, 1.54) is 22.7 Å². The first-order valence-electron chi connectivity index (χ1n) is 7.78. The molecule has 1 aliphatic heterocycles. The summed E-state index contributed by atoms with van der Waals surface area (Å²) in [7, 11) is 0. The average Bonchev–Trinajstić information content (AvgIpc) is 3.09. The second-order valence-corrected chi connectivity index (χ2v) is 8.65. The van der Waals surface area contributed by atoms with Crippen molar-refractivity contribution in [3.8, 4) is 0 Å². The number of β-amino-alcohol motifs (C(OH)–C–C–N with tert-alkyl or cyclic N) is 1. The first kappa shape index (κ1) is 14.5. The number of thiazole rings is 1. The quantitative estimate of drug-likeness (QED) is 0.929. The molecular weight excluding hydrogens is 268 g/mol. The van der Waals surface area contributed by atoms with Gasteiger partial charge in [0.05, 0.1) is 11.1 Å². The molecule has 0 bridgehead atoms. The van der Waals surface area contributed by atoms with Gasteiger partial charge in [0.2, 0.25) is 0 Å². The molecule has 2 aliphatic rings. The van der Waals surface area contributed by atoms with Crippen LogP contribution in [0, 0.1) is 11.3 Å². The Balaban J connectivity index is 1.56. The molecule has 3 rings (SSSR count). The predicted octanol–water partition coefficient (Wildman–Crippen LogP) is 3.25. The number of aliphatic hydroxyl groups excluding tert-OH is 1. The molecule has 1 saturated carbocycles. The molecule has 2 heterocycles. The molecule has 0 radical (unpaired) electrons. The molecule has 3 nitrogen and oxygen atoms in total. The van der Waals surface area contributed by atoms with Crippen LogP contribution < -0.4 is 0 Å². The highest BCUT2D eigenvalue weighted by Crippen LogP contribution is 2.42. The SMILES string of the molecule is CC(C)(C)[C@H]1CCN(Cc2cnc(C3CC3)s2)C[C@H]1O. The van der Waals surface area contributed by atoms with Gasteiger partial charge in [0.1, 0.15) is 0 Å². The molecule has 0 unspecified atom stereocenters. The first-order valence-corrected chi connectivity index (χ1v) is 8.60. The van der Waals surface area contributed by atoms with Crippen LogP contribution in [0.3, 0.4) is 0 Å². The van der Waals surface area contributed by atoms with Gasteiger partial charge >= 0.3 is 0 Å². The molecule has 112 valence electrons. The molecule has 0 spiro atoms. The normalized spacial score (nSPS) is 28.8. The van der Waals surface area contributed by atoms with E-state index in [0.717, 1.165) is 32.0 Å². The third kappa shape index (κ3) is 3.23. The molecule has 2 fully saturated rings. The highest BCUT2D eigenvalue weighted by Gasteiger charge is 2.35. The van der Waals surface area contributed by atoms with E-state index in [-0.39, 0.29) is 11.5 Å². The van der Waals surface area contributed by atoms with Gasteiger partial charge in [0.15, 0.2) is 0 Å². The minimum Gasteiger partial charge on any atom is -0.391 e. The third-order valence-corrected chi connectivity index (χ3v) is 5.80. The van der Waals surface area contributed by atoms with Gasteiger partial charge in [0.25, 0.3) is 0 Å². The van der Waals surface area contributed by atoms with Crippen molar-refractivity contribution in [2.45, 2.75) is 58.6 Å². The average molecular weight is 294 g/mol. The summed E-state index contributed by atoms with van der Waals surface area (Å²) in [5.74, 6) is 1.17. The van der Waals surface area contributed by atoms with Crippen LogP contribution in [0.5, 0.6) is 0 Å². The number of nitrogens with zero attached hydrogens (tertiary/aromatic N) is 2. The molecule has 0 amide bonds. The van der Waals surface area contributed by atoms with E-state index in [9.17, 15) is 5.11 Å². The molecule has 2 atom stereocenters. The number of hydrogen-bond donors (Lipinski definition) is 1. The van der Waals surface area contributed by atoms with Gasteiger partial charge < -0.3 is 5.11 Å². The van der Waals surface area contributed by atoms with E-state index in [1.807, 2.05) is 17.5 Å². The monoisotopic (exact) mass is 294 g/mol. The largest absolute Gasteiger partial charge is 0.391 e. The Morgan fingerprint density at radius 3 is 2.70 bits per heavy atom. The van der Waals surface area contributed by atoms with Crippen LogP contribution >= 0.6 is 11.3 Å². The Labute approximate surface area is 126 Å². The molecule has 1 aliphatic carbocycles. The van der Waals surface area contributed by atoms with Crippen molar-refractivity contribution in [3.05, 3.63) is 16.1 Å². The molecule has 1 N–H and O–H groups in total. The second kappa shape index (κ2) is 5.39. The lowest BCUT2D eigenvalue weighted by molar-refractivity contribution is -0.0262. The maximum absolute atomic E-state index is 10.4. The summed E-state index contributed by atoms with van der Waals surface area (Å²) in [6, 6.07) is 0. The van der Waals surface area contributed by atoms with Crippen LogP contribution in [0.15, 0.2) is 6.20 Å². The van der Waals surface area contributed by atoms with Crippen molar-refractivity contribution in [1.82, 2.24) is 9.88 Å². The second-order valence-electron chi connectivity index (χ2n) is 7.50. The van der Waals surface area contributed by atoms with E-state index < -0.39 is 0 Å². The van der Waals surface area contributed by atoms with Crippen molar-refractivity contribution >= 4 is 11.3 Å². The molecule has 1 aromatic heterocycles. The van der Waals surface area contributed by atoms with Crippen molar-refractivity contribution in [2.24, 2.45) is 11.3 Å². The standard InChI is InChI=1S/C16H26N2OS/c1-16(2,3)13-6-7-18(10-14(13)19)9-12-8-17-15(20-12)11-4-5-11/h8,11,13-14,19H,4-7,9-10H2,1-3H3/t13-,14+/m0/s1. The molecule has 1 saturated heterocycles. The van der Waals surface area contributed by atoms with Crippen LogP contribution in [0.1, 0.15) is 55.8 Å². The minimum atomic E-state index is -0.195. The number of aliphatic hydroxyl groups is 1. The topological polar surface area (TPSA) is 36.4 Å². The van der Waals surface area contributed by atoms with Gasteiger partial charge in [-0.15, -0.1) is 11.3 Å². The lowest BCUT2D eigenvalue weighted by atomic mass is 9.74. The molecule has 20 heavy (non-hydrogen) atoms. The van der Waals surface area contributed by atoms with Crippen LogP contribution in [-0.2, 0) is 6.54 Å². The van der Waals surface area contributed by atoms with E-state index >= 15 is 0 Å². The fourth-order valence-electron chi connectivity index (χ4n) is 3.29. The summed E-state index contributed by atoms with van der Waals surface area (Å²) in [5, 5.41) is 11.7. The lowest BCUT2D eigenvalue weighted by Gasteiger charge is -2.42. The summed E-state index contributed by atoms with van der Waals surface area (Å²) in [6.07, 6.45) is 5.59. The van der Waals surface area contributed by atoms with Crippen molar-refractivity contribution in [3.63, 3.8) is 0 Å². The van der Waals surface area contributed by atoms with Gasteiger partial charge in [-0.1, -0.05) is 20.8 Å². The summed E-state index contributed by atoms with van der Waals surface area (Å²) in [4.78, 5) is 8.29. The Morgan fingerprint density at radius 2 is 2.10 bits per heavy atom. The van der Waals surface area contributed by atoms with Gasteiger partial charge in [-0.05, 0) is 37.1 Å². The Hall–Kier alpha value is -0.450. The summed E-state index contributed by atoms with van der Waals surface area (Å²) >= 11 is 1.87. The van der Waals surface area contributed by atoms with Gasteiger partial charge in [0, 0.05) is 30.1 Å². The van der Waals surface area contributed by atoms with Gasteiger partial charge in [-0.3, -0.25) is 4.90 Å². The number of piperidine rings is 1. The van der Waals surface area contributed by atoms with Gasteiger partial charge in [-0.25, -0.2) is 4.98 Å². The maximum atomic E-state index is 10.4. The van der Waals surface area contributed by atoms with Crippen LogP contribution in [0.25, 0.3) is 0 Å². The van der Waals surface area contributed by atoms with Crippen LogP contribution in [-0.4, -0.2) is 34.2 Å². The molecular formula is C16H26N2OS. The maximum Gasteiger partial charge on any atom is 0.0959 e. The Kier molecular flexibility index (Phi) is 3.91. The van der Waals surface area contributed by atoms with Gasteiger partial charge in [-0.2, -0.15) is 0 Å². The highest BCUT2D eigenvalue weighted by atomic mass is 32.1. The summed E-state index contributed by atoms with van der Waals surface area (Å²) in [6.45, 7) is 9.57. The zero-order valence-electron chi connectivity index (χ0n) is 12.8. The van der Waals surface area contributed by atoms with Crippen LogP contribution in [0.4, 0.5) is 0 Å². The van der Waals surface area contributed by atoms with Crippen LogP contribution in [0.2, 0.25) is 0 Å². The van der Waals surface area contributed by atoms with E-state index in [1.54, 1.807) is 0 Å². The van der Waals surface area contributed by atoms with E-state index in [2.05, 4.69) is 30.7 Å². The zero-order valence-corrected chi connectivity index (χ0v) is 13.6. The van der Waals surface area contributed by atoms with E-state index in [0.29, 0.717) is 5.92 Å². The number of likely N-dealkylation sites (tertiary alicyclic amines) is 1. The smallest absolute Gasteiger partial charge is 0.0959 e. The highest BCUT2D eigenvalue weighted by molar-refractivity contribution is 7.11. The third-order valence-electron chi connectivity index (χ3n) is 4.66. The first-order chi connectivity index (χ1) is 9.43. The number of hydrogen-bond acceptors (Lipinski definition) is 4. The van der Waals surface area contributed by atoms with E-state index in [4.69, 9.17) is 0 Å². The summed E-state index contributed by atoms with van der Waals surface area (Å²) < 4.78 is 0. The molecule has 4 heteroatoms. The Morgan fingerprint density at radius 1 is 1.35 bits per heavy atom. The molecule has 0 aromatic carbocycles. The Bertz CT molecular complexity index is 461. The van der Waals surface area contributed by atoms with Crippen molar-refractivity contribution in [2.75, 3.05) is 13.1 Å². The fourth-order valence-corrected chi connectivity index (χ4v) is 4.41. The molecule has 1 aromatic rings. The number of aromatic nitrogens is 1. The fraction of sp³-hybridized carbons (Fsp3) is 0.812. The van der Waals surface area contributed by atoms with Crippen molar-refractivity contribution < 1.29 is 5.11 Å². The summed E-state index contributed by atoms with van der Waals surface area (Å²) in [5.41, 5.74) is 0.204. The zero-order chi connectivity index (χ0) is 14.3. The van der Waals surface area contributed by atoms with Crippen molar-refractivity contribution in [1.29, 1.82) is 0 Å². The number of rotatable bonds is 3. The minimum absolute atomic E-state index is 0.195. The lowest BCUT2D eigenvalue weighted by Crippen LogP contribution is -2.47.